The van der Waals surface area contributed by atoms with Crippen LogP contribution in [0.15, 0.2) is 0 Å². The van der Waals surface area contributed by atoms with E-state index in [9.17, 15) is 4.79 Å². The molecule has 30 heavy (non-hydrogen) atoms. The molecule has 0 aromatic rings. The zero-order chi connectivity index (χ0) is 21.8. The predicted octanol–water partition coefficient (Wildman–Crippen LogP) is 7.17. The quantitative estimate of drug-likeness (QED) is 0.466. The van der Waals surface area contributed by atoms with Crippen molar-refractivity contribution < 1.29 is 4.79 Å². The van der Waals surface area contributed by atoms with Gasteiger partial charge in [-0.15, -0.1) is 0 Å². The van der Waals surface area contributed by atoms with Gasteiger partial charge in [-0.05, 0) is 90.8 Å². The number of hydrogen-bond acceptors (Lipinski definition) is 1. The molecule has 0 aromatic carbocycles. The number of piperidine rings is 1. The number of fused-ring (bicyclic) bond motifs is 5. The van der Waals surface area contributed by atoms with Crippen LogP contribution in [0.4, 0.5) is 0 Å². The molecule has 4 fully saturated rings. The molecule has 1 heterocycles. The Balaban J connectivity index is 1.53. The molecule has 2 heteroatoms. The highest BCUT2D eigenvalue weighted by atomic mass is 16.2. The number of hydrogen-bond donors (Lipinski definition) is 0. The van der Waals surface area contributed by atoms with Gasteiger partial charge in [0.25, 0.3) is 0 Å². The van der Waals surface area contributed by atoms with Crippen molar-refractivity contribution in [1.29, 1.82) is 0 Å². The van der Waals surface area contributed by atoms with Gasteiger partial charge >= 0.3 is 0 Å². The third-order valence-electron chi connectivity index (χ3n) is 11.1. The van der Waals surface area contributed by atoms with E-state index in [-0.39, 0.29) is 0 Å². The van der Waals surface area contributed by atoms with Crippen molar-refractivity contribution in [3.63, 3.8) is 0 Å². The Morgan fingerprint density at radius 2 is 1.70 bits per heavy atom. The van der Waals surface area contributed by atoms with Crippen molar-refractivity contribution in [2.24, 2.45) is 52.3 Å². The fourth-order valence-electron chi connectivity index (χ4n) is 9.49. The number of amides is 1. The summed E-state index contributed by atoms with van der Waals surface area (Å²) >= 11 is 0. The molecular weight excluding hydrogens is 366 g/mol. The lowest BCUT2D eigenvalue weighted by atomic mass is 9.44. The molecule has 1 saturated heterocycles. The summed E-state index contributed by atoms with van der Waals surface area (Å²) in [5.74, 6) is 6.46. The molecule has 3 saturated carbocycles. The van der Waals surface area contributed by atoms with Crippen LogP contribution < -0.4 is 0 Å². The first kappa shape index (κ1) is 22.7. The average Bonchev–Trinajstić information content (AvgIpc) is 3.03. The van der Waals surface area contributed by atoms with E-state index in [4.69, 9.17) is 0 Å². The van der Waals surface area contributed by atoms with Crippen molar-refractivity contribution >= 4 is 5.91 Å². The summed E-state index contributed by atoms with van der Waals surface area (Å²) in [7, 11) is 2.09. The maximum atomic E-state index is 12.5. The van der Waals surface area contributed by atoms with Crippen molar-refractivity contribution in [1.82, 2.24) is 4.90 Å². The maximum absolute atomic E-state index is 12.5. The SMILES string of the molecule is CC(C)CCC[C@@H](C)[C@H]1CC[C@H]2[C@@H]3C(C)C[C@H]4N(C)C(=O)CC[C@]4(C)[C@H]3CC[C@]12C. The summed E-state index contributed by atoms with van der Waals surface area (Å²) in [6.45, 7) is 15.1. The minimum absolute atomic E-state index is 0.349. The molecule has 3 aliphatic carbocycles. The topological polar surface area (TPSA) is 20.3 Å². The standard InChI is InChI=1S/C28H49NO/c1-18(2)9-8-10-19(3)21-11-12-22-26-20(4)17-24-28(6,16-14-25(30)29(24)7)23(26)13-15-27(21,22)5/h18-24,26H,8-17H2,1-7H3/t19-,20?,21-,22+,23+,24-,26+,27-,28-/m1/s1. The molecule has 0 bridgehead atoms. The minimum atomic E-state index is 0.349. The second-order valence-corrected chi connectivity index (χ2v) is 13.1. The van der Waals surface area contributed by atoms with Gasteiger partial charge in [-0.25, -0.2) is 0 Å². The smallest absolute Gasteiger partial charge is 0.222 e. The molecule has 1 unspecified atom stereocenters. The number of likely N-dealkylation sites (tertiary alicyclic amines) is 1. The van der Waals surface area contributed by atoms with Gasteiger partial charge in [0.2, 0.25) is 5.91 Å². The molecule has 9 atom stereocenters. The van der Waals surface area contributed by atoms with Crippen LogP contribution in [0.5, 0.6) is 0 Å². The molecule has 2 nitrogen and oxygen atoms in total. The van der Waals surface area contributed by atoms with Gasteiger partial charge in [0.15, 0.2) is 0 Å². The lowest BCUT2D eigenvalue weighted by Crippen LogP contribution is -2.63. The summed E-state index contributed by atoms with van der Waals surface area (Å²) in [6.07, 6.45) is 13.2. The third-order valence-corrected chi connectivity index (χ3v) is 11.1. The van der Waals surface area contributed by atoms with E-state index >= 15 is 0 Å². The number of nitrogens with zero attached hydrogens (tertiary/aromatic N) is 1. The van der Waals surface area contributed by atoms with Gasteiger partial charge in [0.1, 0.15) is 0 Å². The van der Waals surface area contributed by atoms with Crippen LogP contribution in [0.25, 0.3) is 0 Å². The highest BCUT2D eigenvalue weighted by Gasteiger charge is 2.63. The van der Waals surface area contributed by atoms with Gasteiger partial charge in [0.05, 0.1) is 0 Å². The molecule has 0 radical (unpaired) electrons. The molecule has 4 aliphatic rings. The lowest BCUT2D eigenvalue weighted by molar-refractivity contribution is -0.167. The first-order chi connectivity index (χ1) is 14.1. The zero-order valence-corrected chi connectivity index (χ0v) is 21.0. The largest absolute Gasteiger partial charge is 0.342 e. The Kier molecular flexibility index (Phi) is 6.12. The van der Waals surface area contributed by atoms with Crippen molar-refractivity contribution in [2.75, 3.05) is 7.05 Å². The summed E-state index contributed by atoms with van der Waals surface area (Å²) in [4.78, 5) is 14.6. The first-order valence-electron chi connectivity index (χ1n) is 13.3. The summed E-state index contributed by atoms with van der Waals surface area (Å²) in [5.41, 5.74) is 0.911. The third kappa shape index (κ3) is 3.47. The highest BCUT2D eigenvalue weighted by molar-refractivity contribution is 5.77. The normalized spacial score (nSPS) is 47.1. The Labute approximate surface area is 186 Å². The Morgan fingerprint density at radius 3 is 2.40 bits per heavy atom. The minimum Gasteiger partial charge on any atom is -0.342 e. The van der Waals surface area contributed by atoms with Crippen LogP contribution in [0.3, 0.4) is 0 Å². The van der Waals surface area contributed by atoms with Crippen LogP contribution >= 0.6 is 0 Å². The van der Waals surface area contributed by atoms with Gasteiger partial charge in [-0.2, -0.15) is 0 Å². The zero-order valence-electron chi connectivity index (χ0n) is 21.0. The van der Waals surface area contributed by atoms with Crippen LogP contribution in [0.2, 0.25) is 0 Å². The summed E-state index contributed by atoms with van der Waals surface area (Å²) in [6, 6.07) is 0.478. The molecule has 0 aromatic heterocycles. The Hall–Kier alpha value is -0.530. The van der Waals surface area contributed by atoms with E-state index in [0.717, 1.165) is 54.3 Å². The Morgan fingerprint density at radius 1 is 1.00 bits per heavy atom. The molecule has 172 valence electrons. The van der Waals surface area contributed by atoms with Crippen LogP contribution in [-0.2, 0) is 4.79 Å². The predicted molar refractivity (Wildman–Crippen MR) is 126 cm³/mol. The van der Waals surface area contributed by atoms with Crippen molar-refractivity contribution in [3.05, 3.63) is 0 Å². The van der Waals surface area contributed by atoms with E-state index < -0.39 is 0 Å². The molecular formula is C28H49NO. The second-order valence-electron chi connectivity index (χ2n) is 13.1. The van der Waals surface area contributed by atoms with Crippen molar-refractivity contribution in [3.8, 4) is 0 Å². The summed E-state index contributed by atoms with van der Waals surface area (Å²) in [5, 5.41) is 0. The monoisotopic (exact) mass is 415 g/mol. The molecule has 4 rings (SSSR count). The molecule has 1 aliphatic heterocycles. The highest BCUT2D eigenvalue weighted by Crippen LogP contribution is 2.68. The van der Waals surface area contributed by atoms with Gasteiger partial charge in [-0.3, -0.25) is 4.79 Å². The number of carbonyl (C=O) groups is 1. The Bertz CT molecular complexity index is 643. The molecule has 0 N–H and O–H groups in total. The van der Waals surface area contributed by atoms with Crippen molar-refractivity contribution in [2.45, 2.75) is 112 Å². The van der Waals surface area contributed by atoms with Crippen LogP contribution in [-0.4, -0.2) is 23.9 Å². The fourth-order valence-corrected chi connectivity index (χ4v) is 9.49. The molecule has 0 spiro atoms. The van der Waals surface area contributed by atoms with E-state index in [1.807, 2.05) is 0 Å². The van der Waals surface area contributed by atoms with E-state index in [2.05, 4.69) is 53.5 Å². The van der Waals surface area contributed by atoms with Gasteiger partial charge in [0, 0.05) is 19.5 Å². The molecule has 1 amide bonds. The van der Waals surface area contributed by atoms with Gasteiger partial charge < -0.3 is 4.90 Å². The van der Waals surface area contributed by atoms with E-state index in [1.54, 1.807) is 0 Å². The van der Waals surface area contributed by atoms with E-state index in [0.29, 0.717) is 22.8 Å². The fraction of sp³-hybridized carbons (Fsp3) is 0.964. The van der Waals surface area contributed by atoms with Crippen LogP contribution in [0.1, 0.15) is 106 Å². The van der Waals surface area contributed by atoms with Crippen LogP contribution in [0, 0.1) is 52.3 Å². The number of rotatable bonds is 5. The number of carbonyl (C=O) groups excluding carboxylic acids is 1. The lowest BCUT2D eigenvalue weighted by Gasteiger charge is -2.64. The van der Waals surface area contributed by atoms with Gasteiger partial charge in [-0.1, -0.05) is 60.8 Å². The average molecular weight is 416 g/mol. The first-order valence-corrected chi connectivity index (χ1v) is 13.3. The second kappa shape index (κ2) is 8.11. The maximum Gasteiger partial charge on any atom is 0.222 e. The summed E-state index contributed by atoms with van der Waals surface area (Å²) < 4.78 is 0. The van der Waals surface area contributed by atoms with E-state index in [1.165, 1.54) is 51.4 Å².